The van der Waals surface area contributed by atoms with E-state index in [2.05, 4.69) is 105 Å². The SMILES string of the molecule is CCCCCCCCCCCCCCCCN(Cc1ccccc1)CC(CN(CCCCCCCCCCCCCCCC)Cc1ccccc1)OP(=O)(O)OCC[N+](C)(C)C. The van der Waals surface area contributed by atoms with Crippen LogP contribution in [0.2, 0.25) is 0 Å². The number of benzene rings is 2. The van der Waals surface area contributed by atoms with Crippen molar-refractivity contribution in [3.8, 4) is 0 Å². The molecule has 1 atom stereocenters. The van der Waals surface area contributed by atoms with Gasteiger partial charge in [0, 0.05) is 26.2 Å². The van der Waals surface area contributed by atoms with E-state index in [1.807, 2.05) is 0 Å². The molecular formula is C54H99N3O4P+. The molecule has 2 aromatic carbocycles. The first kappa shape index (κ1) is 56.6. The molecule has 62 heavy (non-hydrogen) atoms. The van der Waals surface area contributed by atoms with Crippen LogP contribution in [0.5, 0.6) is 0 Å². The maximum atomic E-state index is 13.7. The molecule has 2 rings (SSSR count). The standard InChI is InChI=1S/C54H98N3O4P/c1-6-8-10-12-14-16-18-20-22-24-26-28-30-38-44-55(48-52-40-34-32-35-41-52)50-54(61-62(58,59)60-47-46-57(3,4)5)51-56(49-53-42-36-33-37-43-53)45-39-31-29-27-25-23-21-19-17-15-13-11-9-7-2/h32-37,40-43,54H,6-31,38-39,44-51H2,1-5H3/p+1. The lowest BCUT2D eigenvalue weighted by Gasteiger charge is -2.33. The third-order valence-electron chi connectivity index (χ3n) is 12.4. The average Bonchev–Trinajstić information content (AvgIpc) is 3.23. The van der Waals surface area contributed by atoms with Crippen LogP contribution in [-0.4, -0.2) is 85.8 Å². The molecule has 0 spiro atoms. The Hall–Kier alpha value is -1.57. The molecular weight excluding hydrogens is 786 g/mol. The van der Waals surface area contributed by atoms with Crippen LogP contribution >= 0.6 is 7.82 Å². The molecule has 0 heterocycles. The normalized spacial score (nSPS) is 13.2. The Balaban J connectivity index is 2.01. The number of quaternary nitrogens is 1. The Morgan fingerprint density at radius 1 is 0.500 bits per heavy atom. The highest BCUT2D eigenvalue weighted by molar-refractivity contribution is 7.47. The van der Waals surface area contributed by atoms with Gasteiger partial charge in [0.2, 0.25) is 0 Å². The van der Waals surface area contributed by atoms with Crippen molar-refractivity contribution in [1.82, 2.24) is 9.80 Å². The average molecular weight is 885 g/mol. The zero-order valence-electron chi connectivity index (χ0n) is 41.3. The van der Waals surface area contributed by atoms with Gasteiger partial charge in [0.15, 0.2) is 0 Å². The van der Waals surface area contributed by atoms with Crippen LogP contribution in [0.15, 0.2) is 60.7 Å². The zero-order chi connectivity index (χ0) is 44.8. The van der Waals surface area contributed by atoms with E-state index in [0.717, 1.165) is 39.0 Å². The minimum absolute atomic E-state index is 0.170. The minimum atomic E-state index is -4.30. The highest BCUT2D eigenvalue weighted by Gasteiger charge is 2.30. The molecule has 0 saturated carbocycles. The lowest BCUT2D eigenvalue weighted by molar-refractivity contribution is -0.870. The third kappa shape index (κ3) is 33.9. The number of hydrogen-bond donors (Lipinski definition) is 1. The van der Waals surface area contributed by atoms with Crippen LogP contribution in [0.3, 0.4) is 0 Å². The summed E-state index contributed by atoms with van der Waals surface area (Å²) in [5, 5.41) is 0. The fraction of sp³-hybridized carbons (Fsp3) is 0.778. The Kier molecular flexibility index (Phi) is 34.3. The summed E-state index contributed by atoms with van der Waals surface area (Å²) in [6, 6.07) is 21.3. The summed E-state index contributed by atoms with van der Waals surface area (Å²) >= 11 is 0. The number of unbranched alkanes of at least 4 members (excludes halogenated alkanes) is 26. The predicted molar refractivity (Wildman–Crippen MR) is 268 cm³/mol. The van der Waals surface area contributed by atoms with Gasteiger partial charge in [-0.2, -0.15) is 0 Å². The van der Waals surface area contributed by atoms with Gasteiger partial charge in [-0.05, 0) is 37.1 Å². The summed E-state index contributed by atoms with van der Waals surface area (Å²) in [6.45, 7) is 9.95. The van der Waals surface area contributed by atoms with Crippen LogP contribution in [0.25, 0.3) is 0 Å². The molecule has 1 unspecified atom stereocenters. The summed E-state index contributed by atoms with van der Waals surface area (Å²) < 4.78 is 26.2. The van der Waals surface area contributed by atoms with Crippen molar-refractivity contribution in [3.05, 3.63) is 71.8 Å². The van der Waals surface area contributed by atoms with Crippen LogP contribution in [0.1, 0.15) is 205 Å². The van der Waals surface area contributed by atoms with Crippen molar-refractivity contribution < 1.29 is 23.0 Å². The van der Waals surface area contributed by atoms with Crippen LogP contribution in [0.4, 0.5) is 0 Å². The summed E-state index contributed by atoms with van der Waals surface area (Å²) in [6.07, 6.45) is 37.0. The van der Waals surface area contributed by atoms with E-state index >= 15 is 0 Å². The lowest BCUT2D eigenvalue weighted by Crippen LogP contribution is -2.42. The first-order chi connectivity index (χ1) is 30.1. The molecule has 1 N–H and O–H groups in total. The van der Waals surface area contributed by atoms with E-state index < -0.39 is 13.9 Å². The minimum Gasteiger partial charge on any atom is -0.329 e. The first-order valence-corrected chi connectivity index (χ1v) is 27.6. The number of likely N-dealkylation sites (N-methyl/N-ethyl adjacent to an activating group) is 1. The molecule has 0 aliphatic heterocycles. The third-order valence-corrected chi connectivity index (χ3v) is 13.4. The number of nitrogens with zero attached hydrogens (tertiary/aromatic N) is 3. The van der Waals surface area contributed by atoms with E-state index in [9.17, 15) is 9.46 Å². The number of hydrogen-bond acceptors (Lipinski definition) is 5. The van der Waals surface area contributed by atoms with Crippen molar-refractivity contribution in [2.24, 2.45) is 0 Å². The van der Waals surface area contributed by atoms with Crippen molar-refractivity contribution in [2.75, 3.05) is 60.5 Å². The molecule has 0 bridgehead atoms. The topological polar surface area (TPSA) is 62.2 Å². The Morgan fingerprint density at radius 3 is 1.11 bits per heavy atom. The molecule has 2 aromatic rings. The van der Waals surface area contributed by atoms with Crippen LogP contribution < -0.4 is 0 Å². The Labute approximate surface area is 384 Å². The number of phosphoric ester groups is 1. The quantitative estimate of drug-likeness (QED) is 0.0406. The number of phosphoric acid groups is 1. The molecule has 0 amide bonds. The molecule has 8 heteroatoms. The van der Waals surface area contributed by atoms with Gasteiger partial charge in [0.1, 0.15) is 13.2 Å². The lowest BCUT2D eigenvalue weighted by atomic mass is 10.0. The summed E-state index contributed by atoms with van der Waals surface area (Å²) in [5.74, 6) is 0. The fourth-order valence-corrected chi connectivity index (χ4v) is 9.45. The second kappa shape index (κ2) is 37.6. The molecule has 7 nitrogen and oxygen atoms in total. The maximum absolute atomic E-state index is 13.7. The summed E-state index contributed by atoms with van der Waals surface area (Å²) in [7, 11) is 1.89. The summed E-state index contributed by atoms with van der Waals surface area (Å²) in [5.41, 5.74) is 2.51. The van der Waals surface area contributed by atoms with Gasteiger partial charge in [0.25, 0.3) is 0 Å². The largest absolute Gasteiger partial charge is 0.472 e. The highest BCUT2D eigenvalue weighted by atomic mass is 31.2. The van der Waals surface area contributed by atoms with Gasteiger partial charge in [0.05, 0.1) is 27.2 Å². The Morgan fingerprint density at radius 2 is 0.806 bits per heavy atom. The van der Waals surface area contributed by atoms with Crippen molar-refractivity contribution >= 4 is 7.82 Å². The second-order valence-electron chi connectivity index (χ2n) is 19.7. The number of rotatable bonds is 44. The van der Waals surface area contributed by atoms with Crippen molar-refractivity contribution in [1.29, 1.82) is 0 Å². The van der Waals surface area contributed by atoms with Crippen LogP contribution in [0, 0.1) is 0 Å². The molecule has 0 radical (unpaired) electrons. The van der Waals surface area contributed by atoms with Gasteiger partial charge >= 0.3 is 7.82 Å². The van der Waals surface area contributed by atoms with Gasteiger partial charge < -0.3 is 9.38 Å². The summed E-state index contributed by atoms with van der Waals surface area (Å²) in [4.78, 5) is 16.1. The Bertz CT molecular complexity index is 1230. The van der Waals surface area contributed by atoms with Crippen LogP contribution in [-0.2, 0) is 26.7 Å². The monoisotopic (exact) mass is 885 g/mol. The van der Waals surface area contributed by atoms with E-state index in [1.54, 1.807) is 0 Å². The van der Waals surface area contributed by atoms with Gasteiger partial charge in [-0.1, -0.05) is 241 Å². The molecule has 0 aliphatic carbocycles. The molecule has 358 valence electrons. The highest BCUT2D eigenvalue weighted by Crippen LogP contribution is 2.45. The van der Waals surface area contributed by atoms with Gasteiger partial charge in [-0.3, -0.25) is 18.8 Å². The second-order valence-corrected chi connectivity index (χ2v) is 21.1. The van der Waals surface area contributed by atoms with Crippen molar-refractivity contribution in [3.63, 3.8) is 0 Å². The van der Waals surface area contributed by atoms with E-state index in [1.165, 1.54) is 178 Å². The molecule has 0 saturated heterocycles. The molecule has 0 fully saturated rings. The predicted octanol–water partition coefficient (Wildman–Crippen LogP) is 15.2. The molecule has 0 aromatic heterocycles. The first-order valence-electron chi connectivity index (χ1n) is 26.1. The molecule has 0 aliphatic rings. The fourth-order valence-electron chi connectivity index (χ4n) is 8.56. The zero-order valence-corrected chi connectivity index (χ0v) is 42.2. The van der Waals surface area contributed by atoms with E-state index in [0.29, 0.717) is 24.1 Å². The van der Waals surface area contributed by atoms with Gasteiger partial charge in [-0.25, -0.2) is 4.57 Å². The maximum Gasteiger partial charge on any atom is 0.472 e. The van der Waals surface area contributed by atoms with E-state index in [-0.39, 0.29) is 6.61 Å². The van der Waals surface area contributed by atoms with E-state index in [4.69, 9.17) is 9.05 Å². The van der Waals surface area contributed by atoms with Gasteiger partial charge in [-0.15, -0.1) is 0 Å². The van der Waals surface area contributed by atoms with Crippen molar-refractivity contribution in [2.45, 2.75) is 213 Å². The smallest absolute Gasteiger partial charge is 0.329 e.